The molecule has 152 valence electrons. The molecule has 0 aromatic heterocycles. The Kier molecular flexibility index (Phi) is 6.83. The fourth-order valence-corrected chi connectivity index (χ4v) is 3.95. The molecule has 3 rings (SSSR count). The second kappa shape index (κ2) is 9.52. The van der Waals surface area contributed by atoms with E-state index in [1.54, 1.807) is 29.2 Å². The lowest BCUT2D eigenvalue weighted by atomic mass is 10.2. The summed E-state index contributed by atoms with van der Waals surface area (Å²) < 4.78 is 11.0. The highest BCUT2D eigenvalue weighted by atomic mass is 32.2. The summed E-state index contributed by atoms with van der Waals surface area (Å²) in [5.74, 6) is 2.75. The summed E-state index contributed by atoms with van der Waals surface area (Å²) in [6.45, 7) is 3.54. The van der Waals surface area contributed by atoms with Crippen molar-refractivity contribution in [2.45, 2.75) is 19.8 Å². The van der Waals surface area contributed by atoms with Crippen LogP contribution in [0.1, 0.15) is 25.3 Å². The van der Waals surface area contributed by atoms with Gasteiger partial charge in [-0.25, -0.2) is 0 Å². The van der Waals surface area contributed by atoms with Gasteiger partial charge in [0.1, 0.15) is 13.2 Å². The van der Waals surface area contributed by atoms with Gasteiger partial charge < -0.3 is 14.4 Å². The van der Waals surface area contributed by atoms with Gasteiger partial charge in [0.05, 0.1) is 11.5 Å². The van der Waals surface area contributed by atoms with E-state index < -0.39 is 11.1 Å². The third-order valence-corrected chi connectivity index (χ3v) is 5.41. The molecule has 2 heterocycles. The fourth-order valence-electron chi connectivity index (χ4n) is 3.11. The predicted molar refractivity (Wildman–Crippen MR) is 110 cm³/mol. The third kappa shape index (κ3) is 4.93. The Morgan fingerprint density at radius 3 is 2.69 bits per heavy atom. The SMILES string of the molecule is C#CCOc1ccc(C=C2SC(=O)N(CC(=O)N3CCCC3)C2=O)cc1OCC. The van der Waals surface area contributed by atoms with Gasteiger partial charge >= 0.3 is 0 Å². The molecule has 2 saturated heterocycles. The Hall–Kier alpha value is -2.92. The number of hydrogen-bond acceptors (Lipinski definition) is 6. The Labute approximate surface area is 174 Å². The van der Waals surface area contributed by atoms with Crippen LogP contribution in [0, 0.1) is 12.3 Å². The van der Waals surface area contributed by atoms with Crippen LogP contribution in [0.2, 0.25) is 0 Å². The number of likely N-dealkylation sites (tertiary alicyclic amines) is 1. The molecule has 1 aromatic rings. The van der Waals surface area contributed by atoms with Crippen LogP contribution in [0.15, 0.2) is 23.1 Å². The molecule has 0 saturated carbocycles. The molecule has 0 radical (unpaired) electrons. The summed E-state index contributed by atoms with van der Waals surface area (Å²) in [6.07, 6.45) is 8.75. The lowest BCUT2D eigenvalue weighted by Gasteiger charge is -2.18. The lowest BCUT2D eigenvalue weighted by Crippen LogP contribution is -2.40. The van der Waals surface area contributed by atoms with E-state index >= 15 is 0 Å². The van der Waals surface area contributed by atoms with Crippen LogP contribution in [0.4, 0.5) is 4.79 Å². The molecule has 0 aliphatic carbocycles. The molecule has 29 heavy (non-hydrogen) atoms. The molecule has 0 spiro atoms. The standard InChI is InChI=1S/C21H22N2O5S/c1-3-11-28-16-8-7-15(12-17(16)27-4-2)13-18-20(25)23(21(26)29-18)14-19(24)22-9-5-6-10-22/h1,7-8,12-13H,4-6,9-11,14H2,2H3. The van der Waals surface area contributed by atoms with Crippen LogP contribution in [-0.2, 0) is 9.59 Å². The second-order valence-electron chi connectivity index (χ2n) is 6.49. The topological polar surface area (TPSA) is 76.2 Å². The van der Waals surface area contributed by atoms with Gasteiger partial charge in [0.2, 0.25) is 5.91 Å². The molecular formula is C21H22N2O5S. The van der Waals surface area contributed by atoms with Crippen LogP contribution in [0.25, 0.3) is 6.08 Å². The van der Waals surface area contributed by atoms with Gasteiger partial charge in [0.15, 0.2) is 11.5 Å². The first-order valence-electron chi connectivity index (χ1n) is 9.39. The Morgan fingerprint density at radius 1 is 1.24 bits per heavy atom. The molecule has 8 heteroatoms. The van der Waals surface area contributed by atoms with E-state index in [9.17, 15) is 14.4 Å². The molecule has 2 aliphatic rings. The van der Waals surface area contributed by atoms with Crippen molar-refractivity contribution in [3.8, 4) is 23.8 Å². The molecular weight excluding hydrogens is 392 g/mol. The number of ether oxygens (including phenoxy) is 2. The minimum Gasteiger partial charge on any atom is -0.490 e. The van der Waals surface area contributed by atoms with E-state index in [0.29, 0.717) is 36.8 Å². The predicted octanol–water partition coefficient (Wildman–Crippen LogP) is 2.76. The summed E-state index contributed by atoms with van der Waals surface area (Å²) in [6, 6.07) is 5.17. The molecule has 7 nitrogen and oxygen atoms in total. The first-order valence-corrected chi connectivity index (χ1v) is 10.2. The van der Waals surface area contributed by atoms with E-state index in [1.807, 2.05) is 6.92 Å². The highest BCUT2D eigenvalue weighted by Crippen LogP contribution is 2.34. The van der Waals surface area contributed by atoms with Crippen molar-refractivity contribution in [1.82, 2.24) is 9.80 Å². The van der Waals surface area contributed by atoms with Gasteiger partial charge in [-0.15, -0.1) is 6.42 Å². The number of benzene rings is 1. The summed E-state index contributed by atoms with van der Waals surface area (Å²) in [4.78, 5) is 40.2. The van der Waals surface area contributed by atoms with Gasteiger partial charge in [-0.3, -0.25) is 19.3 Å². The van der Waals surface area contributed by atoms with Crippen LogP contribution < -0.4 is 9.47 Å². The second-order valence-corrected chi connectivity index (χ2v) is 7.48. The van der Waals surface area contributed by atoms with Gasteiger partial charge in [-0.2, -0.15) is 0 Å². The van der Waals surface area contributed by atoms with Crippen molar-refractivity contribution in [2.75, 3.05) is 32.8 Å². The first kappa shape index (κ1) is 20.8. The normalized spacial score (nSPS) is 17.7. The number of amides is 3. The minimum absolute atomic E-state index is 0.114. The quantitative estimate of drug-likeness (QED) is 0.504. The van der Waals surface area contributed by atoms with E-state index in [4.69, 9.17) is 15.9 Å². The molecule has 0 unspecified atom stereocenters. The van der Waals surface area contributed by atoms with Crippen molar-refractivity contribution < 1.29 is 23.9 Å². The number of imide groups is 1. The molecule has 2 aliphatic heterocycles. The Bertz CT molecular complexity index is 884. The van der Waals surface area contributed by atoms with E-state index in [1.165, 1.54) is 0 Å². The number of carbonyl (C=O) groups is 3. The zero-order valence-electron chi connectivity index (χ0n) is 16.2. The molecule has 1 aromatic carbocycles. The van der Waals surface area contributed by atoms with Crippen molar-refractivity contribution in [3.63, 3.8) is 0 Å². The zero-order valence-corrected chi connectivity index (χ0v) is 17.0. The third-order valence-electron chi connectivity index (χ3n) is 4.50. The number of hydrogen-bond donors (Lipinski definition) is 0. The first-order chi connectivity index (χ1) is 14.0. The largest absolute Gasteiger partial charge is 0.490 e. The van der Waals surface area contributed by atoms with Gasteiger partial charge in [0.25, 0.3) is 11.1 Å². The lowest BCUT2D eigenvalue weighted by molar-refractivity contribution is -0.135. The molecule has 3 amide bonds. The van der Waals surface area contributed by atoms with E-state index in [-0.39, 0.29) is 24.0 Å². The monoisotopic (exact) mass is 414 g/mol. The maximum absolute atomic E-state index is 12.7. The Morgan fingerprint density at radius 2 is 2.00 bits per heavy atom. The van der Waals surface area contributed by atoms with Crippen molar-refractivity contribution >= 4 is 34.9 Å². The van der Waals surface area contributed by atoms with E-state index in [2.05, 4.69) is 5.92 Å². The molecule has 0 bridgehead atoms. The summed E-state index contributed by atoms with van der Waals surface area (Å²) >= 11 is 0.828. The number of thioether (sulfide) groups is 1. The van der Waals surface area contributed by atoms with Crippen LogP contribution >= 0.6 is 11.8 Å². The van der Waals surface area contributed by atoms with Crippen molar-refractivity contribution in [3.05, 3.63) is 28.7 Å². The summed E-state index contributed by atoms with van der Waals surface area (Å²) in [5, 5.41) is -0.437. The van der Waals surface area contributed by atoms with Gasteiger partial charge in [-0.05, 0) is 55.3 Å². The number of terminal acetylenes is 1. The summed E-state index contributed by atoms with van der Waals surface area (Å²) in [5.41, 5.74) is 0.679. The number of carbonyl (C=O) groups excluding carboxylic acids is 3. The van der Waals surface area contributed by atoms with Crippen LogP contribution in [0.5, 0.6) is 11.5 Å². The molecule has 0 atom stereocenters. The maximum Gasteiger partial charge on any atom is 0.294 e. The smallest absolute Gasteiger partial charge is 0.294 e. The Balaban J connectivity index is 1.75. The van der Waals surface area contributed by atoms with Crippen LogP contribution in [-0.4, -0.2) is 59.7 Å². The zero-order chi connectivity index (χ0) is 20.8. The highest BCUT2D eigenvalue weighted by molar-refractivity contribution is 8.18. The molecule has 0 N–H and O–H groups in total. The minimum atomic E-state index is -0.460. The number of nitrogens with zero attached hydrogens (tertiary/aromatic N) is 2. The number of rotatable bonds is 7. The average molecular weight is 414 g/mol. The van der Waals surface area contributed by atoms with Crippen LogP contribution in [0.3, 0.4) is 0 Å². The average Bonchev–Trinajstić information content (AvgIpc) is 3.33. The fraction of sp³-hybridized carbons (Fsp3) is 0.381. The van der Waals surface area contributed by atoms with Gasteiger partial charge in [-0.1, -0.05) is 12.0 Å². The van der Waals surface area contributed by atoms with Gasteiger partial charge in [0, 0.05) is 13.1 Å². The molecule has 2 fully saturated rings. The summed E-state index contributed by atoms with van der Waals surface area (Å²) in [7, 11) is 0. The van der Waals surface area contributed by atoms with Crippen molar-refractivity contribution in [2.24, 2.45) is 0 Å². The van der Waals surface area contributed by atoms with Crippen molar-refractivity contribution in [1.29, 1.82) is 0 Å². The highest BCUT2D eigenvalue weighted by Gasteiger charge is 2.37. The van der Waals surface area contributed by atoms with E-state index in [0.717, 1.165) is 29.5 Å². The maximum atomic E-state index is 12.7.